The Hall–Kier alpha value is -4.41. The van der Waals surface area contributed by atoms with E-state index in [4.69, 9.17) is 9.47 Å². The van der Waals surface area contributed by atoms with Gasteiger partial charge in [-0.2, -0.15) is 0 Å². The van der Waals surface area contributed by atoms with Crippen LogP contribution in [0.4, 0.5) is 5.13 Å². The van der Waals surface area contributed by atoms with E-state index in [1.807, 2.05) is 43.3 Å². The maximum atomic E-state index is 13.6. The molecule has 1 N–H and O–H groups in total. The number of ketones is 1. The summed E-state index contributed by atoms with van der Waals surface area (Å²) in [6.45, 7) is 5.98. The molecule has 1 saturated heterocycles. The summed E-state index contributed by atoms with van der Waals surface area (Å²) < 4.78 is 12.1. The van der Waals surface area contributed by atoms with E-state index in [0.717, 1.165) is 16.9 Å². The number of aliphatic hydroxyl groups is 1. The van der Waals surface area contributed by atoms with Crippen molar-refractivity contribution in [2.75, 3.05) is 11.5 Å². The summed E-state index contributed by atoms with van der Waals surface area (Å²) in [6, 6.07) is 21.4. The summed E-state index contributed by atoms with van der Waals surface area (Å²) in [5.41, 5.74) is 3.11. The lowest BCUT2D eigenvalue weighted by Crippen LogP contribution is -2.29. The van der Waals surface area contributed by atoms with Crippen molar-refractivity contribution < 1.29 is 24.2 Å². The quantitative estimate of drug-likeness (QED) is 0.0595. The van der Waals surface area contributed by atoms with Gasteiger partial charge in [0.25, 0.3) is 5.78 Å². The molecule has 10 heteroatoms. The second-order valence-corrected chi connectivity index (χ2v) is 12.1. The second kappa shape index (κ2) is 11.8. The van der Waals surface area contributed by atoms with Gasteiger partial charge in [0.05, 0.1) is 11.6 Å². The number of Topliss-reactive ketones (excluding diaryl/α,β-unsaturated/α-hetero) is 1. The van der Waals surface area contributed by atoms with Crippen molar-refractivity contribution in [3.8, 4) is 11.5 Å². The summed E-state index contributed by atoms with van der Waals surface area (Å²) >= 11 is 2.73. The highest BCUT2D eigenvalue weighted by Crippen LogP contribution is 2.45. The summed E-state index contributed by atoms with van der Waals surface area (Å²) in [5, 5.41) is 20.4. The Labute approximate surface area is 251 Å². The van der Waals surface area contributed by atoms with Crippen LogP contribution in [0.25, 0.3) is 5.76 Å². The number of hydrogen-bond donors (Lipinski definition) is 1. The summed E-state index contributed by atoms with van der Waals surface area (Å²) in [7, 11) is 0. The van der Waals surface area contributed by atoms with E-state index in [9.17, 15) is 14.7 Å². The highest BCUT2D eigenvalue weighted by atomic mass is 32.2. The van der Waals surface area contributed by atoms with E-state index in [2.05, 4.69) is 16.8 Å². The number of nitrogens with zero attached hydrogens (tertiary/aromatic N) is 3. The number of thioether (sulfide) groups is 1. The highest BCUT2D eigenvalue weighted by Gasteiger charge is 2.48. The molecule has 1 amide bonds. The monoisotopic (exact) mass is 597 g/mol. The first-order chi connectivity index (χ1) is 20.4. The minimum Gasteiger partial charge on any atom is -0.507 e. The van der Waals surface area contributed by atoms with E-state index in [1.54, 1.807) is 42.5 Å². The highest BCUT2D eigenvalue weighted by molar-refractivity contribution is 8.00. The van der Waals surface area contributed by atoms with Crippen LogP contribution in [0.3, 0.4) is 0 Å². The molecule has 6 rings (SSSR count). The van der Waals surface area contributed by atoms with Crippen molar-refractivity contribution >= 4 is 45.7 Å². The van der Waals surface area contributed by atoms with Gasteiger partial charge in [-0.25, -0.2) is 0 Å². The molecule has 2 aliphatic heterocycles. The average molecular weight is 598 g/mol. The molecule has 0 aliphatic carbocycles. The van der Waals surface area contributed by atoms with E-state index < -0.39 is 17.7 Å². The Kier molecular flexibility index (Phi) is 7.82. The lowest BCUT2D eigenvalue weighted by Gasteiger charge is -2.22. The molecule has 0 radical (unpaired) electrons. The van der Waals surface area contributed by atoms with Crippen LogP contribution in [0.5, 0.6) is 11.5 Å². The van der Waals surface area contributed by atoms with Crippen LogP contribution in [0.15, 0.2) is 95.4 Å². The Morgan fingerprint density at radius 2 is 1.93 bits per heavy atom. The molecule has 4 aromatic rings. The van der Waals surface area contributed by atoms with Crippen molar-refractivity contribution in [2.45, 2.75) is 35.6 Å². The molecule has 0 saturated carbocycles. The van der Waals surface area contributed by atoms with Crippen LogP contribution >= 0.6 is 23.1 Å². The number of carbonyl (C=O) groups is 2. The summed E-state index contributed by atoms with van der Waals surface area (Å²) in [4.78, 5) is 28.5. The van der Waals surface area contributed by atoms with Crippen LogP contribution in [-0.2, 0) is 21.8 Å². The molecule has 8 nitrogen and oxygen atoms in total. The normalized spacial score (nSPS) is 19.0. The standard InChI is InChI=1S/C32H27N3O5S2/c1-3-15-39-24-12-9-21(10-13-24)27-26(28(36)22-11-14-25-23(17-22)16-19(2)40-25)29(37)30(38)35(27)31-33-34-32(42-31)41-18-20-7-5-4-6-8-20/h3-14,17,19,27,36H,1,15-16,18H2,2H3/b28-26+. The fourth-order valence-corrected chi connectivity index (χ4v) is 6.87. The average Bonchev–Trinajstić information content (AvgIpc) is 3.70. The smallest absolute Gasteiger partial charge is 0.301 e. The van der Waals surface area contributed by atoms with Crippen molar-refractivity contribution in [3.63, 3.8) is 0 Å². The Balaban J connectivity index is 1.39. The zero-order chi connectivity index (χ0) is 29.2. The van der Waals surface area contributed by atoms with Crippen LogP contribution in [0.1, 0.15) is 35.2 Å². The number of aliphatic hydroxyl groups excluding tert-OH is 1. The number of carbonyl (C=O) groups excluding carboxylic acids is 2. The van der Waals surface area contributed by atoms with E-state index >= 15 is 0 Å². The first kappa shape index (κ1) is 27.7. The van der Waals surface area contributed by atoms with Gasteiger partial charge in [-0.1, -0.05) is 78.2 Å². The van der Waals surface area contributed by atoms with Gasteiger partial charge in [0.15, 0.2) is 4.34 Å². The molecular weight excluding hydrogens is 571 g/mol. The SMILES string of the molecule is C=CCOc1ccc(C2/C(=C(\O)c3ccc4c(c3)CC(C)O4)C(=O)C(=O)N2c2nnc(SCc3ccccc3)s2)cc1. The van der Waals surface area contributed by atoms with Gasteiger partial charge >= 0.3 is 5.91 Å². The van der Waals surface area contributed by atoms with Gasteiger partial charge in [-0.15, -0.1) is 10.2 Å². The third-order valence-electron chi connectivity index (χ3n) is 6.98. The number of hydrogen-bond acceptors (Lipinski definition) is 9. The van der Waals surface area contributed by atoms with Crippen molar-refractivity contribution in [3.05, 3.63) is 113 Å². The first-order valence-corrected chi connectivity index (χ1v) is 15.2. The van der Waals surface area contributed by atoms with Gasteiger partial charge in [-0.05, 0) is 53.9 Å². The summed E-state index contributed by atoms with van der Waals surface area (Å²) in [6.07, 6.45) is 2.36. The molecule has 212 valence electrons. The Bertz CT molecular complexity index is 1680. The second-order valence-electron chi connectivity index (χ2n) is 9.92. The fourth-order valence-electron chi connectivity index (χ4n) is 5.05. The third-order valence-corrected chi connectivity index (χ3v) is 9.11. The van der Waals surface area contributed by atoms with E-state index in [-0.39, 0.29) is 22.6 Å². The molecule has 2 unspecified atom stereocenters. The summed E-state index contributed by atoms with van der Waals surface area (Å²) in [5.74, 6) is 0.230. The first-order valence-electron chi connectivity index (χ1n) is 13.4. The molecule has 42 heavy (non-hydrogen) atoms. The topological polar surface area (TPSA) is 102 Å². The van der Waals surface area contributed by atoms with Crippen molar-refractivity contribution in [1.82, 2.24) is 10.2 Å². The number of anilines is 1. The minimum atomic E-state index is -0.915. The van der Waals surface area contributed by atoms with Crippen molar-refractivity contribution in [2.24, 2.45) is 0 Å². The van der Waals surface area contributed by atoms with Crippen LogP contribution in [0.2, 0.25) is 0 Å². The minimum absolute atomic E-state index is 0.0136. The maximum Gasteiger partial charge on any atom is 0.301 e. The fraction of sp³-hybridized carbons (Fsp3) is 0.188. The van der Waals surface area contributed by atoms with Gasteiger partial charge in [0.2, 0.25) is 5.13 Å². The van der Waals surface area contributed by atoms with Gasteiger partial charge in [-0.3, -0.25) is 14.5 Å². The molecular formula is C32H27N3O5S2. The van der Waals surface area contributed by atoms with Gasteiger partial charge in [0, 0.05) is 17.7 Å². The largest absolute Gasteiger partial charge is 0.507 e. The van der Waals surface area contributed by atoms with Crippen molar-refractivity contribution in [1.29, 1.82) is 0 Å². The molecule has 0 bridgehead atoms. The number of rotatable bonds is 9. The molecule has 1 fully saturated rings. The Morgan fingerprint density at radius 1 is 1.14 bits per heavy atom. The Morgan fingerprint density at radius 3 is 2.69 bits per heavy atom. The number of ether oxygens (including phenoxy) is 2. The van der Waals surface area contributed by atoms with Gasteiger partial charge < -0.3 is 14.6 Å². The molecule has 2 aliphatic rings. The lowest BCUT2D eigenvalue weighted by molar-refractivity contribution is -0.132. The van der Waals surface area contributed by atoms with Crippen LogP contribution < -0.4 is 14.4 Å². The van der Waals surface area contributed by atoms with E-state index in [0.29, 0.717) is 40.0 Å². The third kappa shape index (κ3) is 5.43. The maximum absolute atomic E-state index is 13.6. The molecule has 2 atom stereocenters. The zero-order valence-corrected chi connectivity index (χ0v) is 24.4. The van der Waals surface area contributed by atoms with Gasteiger partial charge in [0.1, 0.15) is 30.0 Å². The van der Waals surface area contributed by atoms with E-state index in [1.165, 1.54) is 28.0 Å². The number of fused-ring (bicyclic) bond motifs is 1. The van der Waals surface area contributed by atoms with Crippen LogP contribution in [0, 0.1) is 0 Å². The predicted octanol–water partition coefficient (Wildman–Crippen LogP) is 6.34. The number of benzene rings is 3. The lowest BCUT2D eigenvalue weighted by atomic mass is 9.94. The molecule has 1 aromatic heterocycles. The molecule has 3 aromatic carbocycles. The number of aromatic nitrogens is 2. The molecule has 0 spiro atoms. The molecule has 3 heterocycles. The predicted molar refractivity (Wildman–Crippen MR) is 163 cm³/mol. The zero-order valence-electron chi connectivity index (χ0n) is 22.7. The van der Waals surface area contributed by atoms with Crippen LogP contribution in [-0.4, -0.2) is 39.7 Å². The number of amides is 1.